The Morgan fingerprint density at radius 3 is 2.55 bits per heavy atom. The summed E-state index contributed by atoms with van der Waals surface area (Å²) in [4.78, 5) is 9.12. The Balaban J connectivity index is 2.17. The number of rotatable bonds is 4. The maximum atomic E-state index is 4.75. The minimum absolute atomic E-state index is 0.505. The van der Waals surface area contributed by atoms with Crippen LogP contribution in [0.15, 0.2) is 18.7 Å². The van der Waals surface area contributed by atoms with Crippen molar-refractivity contribution in [1.29, 1.82) is 0 Å². The van der Waals surface area contributed by atoms with E-state index in [0.717, 1.165) is 35.1 Å². The fourth-order valence-corrected chi connectivity index (χ4v) is 2.52. The highest BCUT2D eigenvalue weighted by Gasteiger charge is 2.19. The van der Waals surface area contributed by atoms with Crippen LogP contribution in [0.3, 0.4) is 0 Å². The molecule has 0 fully saturated rings. The highest BCUT2D eigenvalue weighted by molar-refractivity contribution is 5.56. The summed E-state index contributed by atoms with van der Waals surface area (Å²) in [5, 5.41) is 8.92. The first-order valence-corrected chi connectivity index (χ1v) is 7.39. The fourth-order valence-electron chi connectivity index (χ4n) is 2.52. The predicted octanol–water partition coefficient (Wildman–Crippen LogP) is 1.91. The van der Waals surface area contributed by atoms with Crippen molar-refractivity contribution < 1.29 is 0 Å². The molecule has 0 aromatic carbocycles. The van der Waals surface area contributed by atoms with Gasteiger partial charge in [-0.3, -0.25) is 4.68 Å². The van der Waals surface area contributed by atoms with E-state index >= 15 is 0 Å². The molecule has 0 bridgehead atoms. The summed E-state index contributed by atoms with van der Waals surface area (Å²) in [6.07, 6.45) is 6.37. The summed E-state index contributed by atoms with van der Waals surface area (Å²) in [5.41, 5.74) is 2.82. The molecular formula is C15H21N7. The lowest BCUT2D eigenvalue weighted by molar-refractivity contribution is 0.618. The molecule has 7 nitrogen and oxygen atoms in total. The van der Waals surface area contributed by atoms with Gasteiger partial charge in [0.2, 0.25) is 0 Å². The van der Waals surface area contributed by atoms with Crippen molar-refractivity contribution in [3.63, 3.8) is 0 Å². The van der Waals surface area contributed by atoms with Crippen molar-refractivity contribution in [2.24, 2.45) is 20.0 Å². The van der Waals surface area contributed by atoms with Crippen molar-refractivity contribution in [3.8, 4) is 17.2 Å². The van der Waals surface area contributed by atoms with Gasteiger partial charge in [0.05, 0.1) is 24.4 Å². The molecule has 22 heavy (non-hydrogen) atoms. The molecule has 3 aromatic rings. The summed E-state index contributed by atoms with van der Waals surface area (Å²) in [6, 6.07) is 0. The first kappa shape index (κ1) is 14.5. The quantitative estimate of drug-likeness (QED) is 0.738. The average molecular weight is 299 g/mol. The Bertz CT molecular complexity index is 771. The van der Waals surface area contributed by atoms with Crippen molar-refractivity contribution in [2.75, 3.05) is 0 Å². The third-order valence-electron chi connectivity index (χ3n) is 3.51. The smallest absolute Gasteiger partial charge is 0.181 e. The highest BCUT2D eigenvalue weighted by atomic mass is 15.4. The van der Waals surface area contributed by atoms with E-state index < -0.39 is 0 Å². The maximum absolute atomic E-state index is 4.75. The third-order valence-corrected chi connectivity index (χ3v) is 3.51. The number of hydrogen-bond acceptors (Lipinski definition) is 4. The van der Waals surface area contributed by atoms with Crippen molar-refractivity contribution in [1.82, 2.24) is 34.1 Å². The van der Waals surface area contributed by atoms with Crippen molar-refractivity contribution in [3.05, 3.63) is 30.2 Å². The van der Waals surface area contributed by atoms with Crippen LogP contribution < -0.4 is 0 Å². The topological polar surface area (TPSA) is 66.3 Å². The molecule has 0 N–H and O–H groups in total. The molecule has 3 rings (SSSR count). The van der Waals surface area contributed by atoms with Gasteiger partial charge in [-0.2, -0.15) is 10.2 Å². The van der Waals surface area contributed by atoms with Gasteiger partial charge in [-0.1, -0.05) is 13.8 Å². The van der Waals surface area contributed by atoms with E-state index in [1.807, 2.05) is 36.5 Å². The van der Waals surface area contributed by atoms with Gasteiger partial charge in [-0.25, -0.2) is 14.6 Å². The number of aromatic nitrogens is 7. The highest BCUT2D eigenvalue weighted by Crippen LogP contribution is 2.24. The second-order valence-electron chi connectivity index (χ2n) is 6.02. The molecular weight excluding hydrogens is 278 g/mol. The van der Waals surface area contributed by atoms with E-state index in [1.165, 1.54) is 0 Å². The monoisotopic (exact) mass is 299 g/mol. The largest absolute Gasteiger partial charge is 0.331 e. The molecule has 0 spiro atoms. The van der Waals surface area contributed by atoms with Gasteiger partial charge in [0, 0.05) is 20.5 Å². The van der Waals surface area contributed by atoms with Crippen molar-refractivity contribution in [2.45, 2.75) is 27.2 Å². The predicted molar refractivity (Wildman–Crippen MR) is 83.6 cm³/mol. The summed E-state index contributed by atoms with van der Waals surface area (Å²) in [6.45, 7) is 6.32. The fraction of sp³-hybridized carbons (Fsp3) is 0.467. The van der Waals surface area contributed by atoms with Gasteiger partial charge in [-0.15, -0.1) is 0 Å². The Hall–Kier alpha value is -2.44. The molecule has 3 heterocycles. The third kappa shape index (κ3) is 2.54. The van der Waals surface area contributed by atoms with E-state index in [9.17, 15) is 0 Å². The Morgan fingerprint density at radius 2 is 2.00 bits per heavy atom. The summed E-state index contributed by atoms with van der Waals surface area (Å²) >= 11 is 0. The molecule has 0 saturated carbocycles. The summed E-state index contributed by atoms with van der Waals surface area (Å²) in [5.74, 6) is 2.15. The van der Waals surface area contributed by atoms with Crippen LogP contribution in [-0.4, -0.2) is 34.1 Å². The molecule has 116 valence electrons. The lowest BCUT2D eigenvalue weighted by Crippen LogP contribution is -2.03. The lowest BCUT2D eigenvalue weighted by Gasteiger charge is -2.04. The number of aryl methyl sites for hydroxylation is 3. The Morgan fingerprint density at radius 1 is 1.23 bits per heavy atom. The second kappa shape index (κ2) is 5.40. The average Bonchev–Trinajstić information content (AvgIpc) is 3.10. The molecule has 0 atom stereocenters. The van der Waals surface area contributed by atoms with Gasteiger partial charge >= 0.3 is 0 Å². The first-order chi connectivity index (χ1) is 10.5. The molecule has 7 heteroatoms. The van der Waals surface area contributed by atoms with Crippen LogP contribution >= 0.6 is 0 Å². The van der Waals surface area contributed by atoms with Crippen LogP contribution in [0.25, 0.3) is 17.2 Å². The number of imidazole rings is 1. The molecule has 0 aliphatic rings. The number of nitrogens with zero attached hydrogens (tertiary/aromatic N) is 7. The minimum atomic E-state index is 0.505. The first-order valence-electron chi connectivity index (χ1n) is 7.39. The molecule has 0 radical (unpaired) electrons. The molecule has 0 aliphatic carbocycles. The van der Waals surface area contributed by atoms with Gasteiger partial charge in [-0.05, 0) is 12.8 Å². The van der Waals surface area contributed by atoms with Crippen LogP contribution in [0, 0.1) is 12.8 Å². The van der Waals surface area contributed by atoms with Crippen LogP contribution in [0.2, 0.25) is 0 Å². The SMILES string of the molecule is Cc1ncn(C)c1-c1nc(CC(C)C)nn1-c1cnn(C)c1. The van der Waals surface area contributed by atoms with E-state index in [4.69, 9.17) is 4.98 Å². The van der Waals surface area contributed by atoms with Gasteiger partial charge in [0.15, 0.2) is 11.6 Å². The van der Waals surface area contributed by atoms with E-state index in [-0.39, 0.29) is 0 Å². The van der Waals surface area contributed by atoms with Gasteiger partial charge < -0.3 is 4.57 Å². The standard InChI is InChI=1S/C15H21N7/c1-10(2)6-13-18-15(14-11(3)16-9-20(14)4)22(19-13)12-7-17-21(5)8-12/h7-10H,6H2,1-5H3. The molecule has 0 aliphatic heterocycles. The summed E-state index contributed by atoms with van der Waals surface area (Å²) < 4.78 is 5.60. The Labute approximate surface area is 129 Å². The van der Waals surface area contributed by atoms with E-state index in [0.29, 0.717) is 5.92 Å². The molecule has 0 saturated heterocycles. The Kier molecular flexibility index (Phi) is 3.56. The van der Waals surface area contributed by atoms with Crippen LogP contribution in [-0.2, 0) is 20.5 Å². The zero-order valence-electron chi connectivity index (χ0n) is 13.6. The van der Waals surface area contributed by atoms with Crippen molar-refractivity contribution >= 4 is 0 Å². The normalized spacial score (nSPS) is 11.5. The van der Waals surface area contributed by atoms with Crippen LogP contribution in [0.4, 0.5) is 0 Å². The maximum Gasteiger partial charge on any atom is 0.181 e. The molecule has 0 unspecified atom stereocenters. The summed E-state index contributed by atoms with van der Waals surface area (Å²) in [7, 11) is 3.87. The molecule has 3 aromatic heterocycles. The molecule has 0 amide bonds. The zero-order valence-corrected chi connectivity index (χ0v) is 13.6. The van der Waals surface area contributed by atoms with Crippen LogP contribution in [0.1, 0.15) is 25.4 Å². The van der Waals surface area contributed by atoms with E-state index in [1.54, 1.807) is 17.2 Å². The van der Waals surface area contributed by atoms with E-state index in [2.05, 4.69) is 29.0 Å². The number of hydrogen-bond donors (Lipinski definition) is 0. The van der Waals surface area contributed by atoms with Crippen LogP contribution in [0.5, 0.6) is 0 Å². The van der Waals surface area contributed by atoms with Gasteiger partial charge in [0.25, 0.3) is 0 Å². The minimum Gasteiger partial charge on any atom is -0.331 e. The zero-order chi connectivity index (χ0) is 15.9. The second-order valence-corrected chi connectivity index (χ2v) is 6.02. The van der Waals surface area contributed by atoms with Gasteiger partial charge in [0.1, 0.15) is 11.4 Å². The lowest BCUT2D eigenvalue weighted by atomic mass is 10.1.